The van der Waals surface area contributed by atoms with Crippen LogP contribution in [0, 0.1) is 38.5 Å². The van der Waals surface area contributed by atoms with E-state index < -0.39 is 12.2 Å². The highest BCUT2D eigenvalue weighted by Gasteiger charge is 2.52. The fraction of sp³-hybridized carbons (Fsp3) is 0.523. The van der Waals surface area contributed by atoms with Crippen molar-refractivity contribution in [2.24, 2.45) is 10.8 Å². The maximum absolute atomic E-state index is 11.6. The van der Waals surface area contributed by atoms with E-state index >= 15 is 0 Å². The predicted octanol–water partition coefficient (Wildman–Crippen LogP) is 14.1. The van der Waals surface area contributed by atoms with Gasteiger partial charge in [-0.2, -0.15) is 0 Å². The van der Waals surface area contributed by atoms with Gasteiger partial charge in [0, 0.05) is 10.8 Å². The second kappa shape index (κ2) is 24.0. The molecule has 402 valence electrons. The molecule has 1 fully saturated rings. The van der Waals surface area contributed by atoms with Gasteiger partial charge in [-0.25, -0.2) is 0 Å². The molecule has 0 bridgehead atoms. The molecular formula is C65H91BO8. The van der Waals surface area contributed by atoms with E-state index in [1.54, 1.807) is 0 Å². The normalized spacial score (nSPS) is 15.5. The van der Waals surface area contributed by atoms with E-state index in [1.165, 1.54) is 46.1 Å². The number of methoxy groups -OCH3 is 1. The van der Waals surface area contributed by atoms with Gasteiger partial charge in [0.05, 0.1) is 36.9 Å². The van der Waals surface area contributed by atoms with Crippen LogP contribution in [0.15, 0.2) is 97.1 Å². The van der Waals surface area contributed by atoms with Crippen LogP contribution in [-0.2, 0) is 36.1 Å². The van der Waals surface area contributed by atoms with Crippen molar-refractivity contribution in [2.75, 3.05) is 20.3 Å². The van der Waals surface area contributed by atoms with Crippen molar-refractivity contribution in [1.29, 1.82) is 0 Å². The zero-order valence-electron chi connectivity index (χ0n) is 48.8. The second-order valence-corrected chi connectivity index (χ2v) is 24.1. The molecule has 1 heterocycles. The van der Waals surface area contributed by atoms with E-state index in [4.69, 9.17) is 23.5 Å². The summed E-state index contributed by atoms with van der Waals surface area (Å²) in [6.07, 6.45) is 3.16. The number of benzene rings is 5. The fourth-order valence-electron chi connectivity index (χ4n) is 10.1. The Morgan fingerprint density at radius 2 is 0.932 bits per heavy atom. The lowest BCUT2D eigenvalue weighted by Gasteiger charge is -2.34. The first-order chi connectivity index (χ1) is 34.5. The number of hydrogen-bond acceptors (Lipinski definition) is 8. The number of esters is 1. The zero-order chi connectivity index (χ0) is 55.2. The highest BCUT2D eigenvalue weighted by molar-refractivity contribution is 6.62. The molecule has 6 rings (SSSR count). The summed E-state index contributed by atoms with van der Waals surface area (Å²) in [6.45, 7) is 38.6. The number of rotatable bonds is 18. The predicted molar refractivity (Wildman–Crippen MR) is 306 cm³/mol. The summed E-state index contributed by atoms with van der Waals surface area (Å²) in [5.41, 5.74) is 12.8. The molecule has 8 nitrogen and oxygen atoms in total. The van der Waals surface area contributed by atoms with Gasteiger partial charge in [0.25, 0.3) is 0 Å². The third-order valence-corrected chi connectivity index (χ3v) is 16.6. The van der Waals surface area contributed by atoms with Crippen LogP contribution in [0.25, 0.3) is 11.1 Å². The van der Waals surface area contributed by atoms with Gasteiger partial charge >= 0.3 is 13.1 Å². The molecule has 1 aliphatic heterocycles. The molecule has 0 spiro atoms. The smallest absolute Gasteiger partial charge is 0.491 e. The largest absolute Gasteiger partial charge is 0.495 e. The topological polar surface area (TPSA) is 104 Å². The molecule has 0 saturated carbocycles. The molecule has 2 N–H and O–H groups in total. The van der Waals surface area contributed by atoms with Crippen LogP contribution in [0.5, 0.6) is 11.5 Å². The highest BCUT2D eigenvalue weighted by Crippen LogP contribution is 2.44. The summed E-state index contributed by atoms with van der Waals surface area (Å²) in [5.74, 6) is 1.42. The molecule has 0 aromatic heterocycles. The Hall–Kier alpha value is -4.93. The van der Waals surface area contributed by atoms with E-state index in [1.807, 2.05) is 53.7 Å². The summed E-state index contributed by atoms with van der Waals surface area (Å²) in [6, 6.07) is 34.7. The SMILES string of the molecule is CCC(CC)(c1ccc(OCC(O)C(C)(C)C)c(C)c1)c1ccc(-c2ccc(CC(=O)OC)cc2)c(C)c1.CCC(CC)(c1ccc(OCC(O)C(C)(C)C)c(C)c1)c1ccc(B2OC(C)(C)C(C)(C)O2)c(C)c1. The van der Waals surface area contributed by atoms with Crippen LogP contribution in [0.4, 0.5) is 0 Å². The number of carbonyl (C=O) groups is 1. The molecule has 0 amide bonds. The van der Waals surface area contributed by atoms with Crippen LogP contribution in [-0.4, -0.2) is 67.0 Å². The van der Waals surface area contributed by atoms with Crippen molar-refractivity contribution < 1.29 is 38.5 Å². The summed E-state index contributed by atoms with van der Waals surface area (Å²) in [5, 5.41) is 20.8. The third-order valence-electron chi connectivity index (χ3n) is 16.6. The molecule has 0 radical (unpaired) electrons. The lowest BCUT2D eigenvalue weighted by Crippen LogP contribution is -2.41. The quantitative estimate of drug-likeness (QED) is 0.0661. The standard InChI is InChI=1S/C34H44O4.C31H47BO4/c1-9-34(10-2,28-16-18-30(24(4)20-28)38-22-31(35)33(5,6)7)27-15-17-29(23(3)19-27)26-13-11-25(12-14-26)21-32(36)37-8;1-12-31(13-2,24-15-17-26(22(4)19-24)34-20-27(33)28(5,6)7)23-14-16-25(21(3)18-23)32-35-29(8,9)30(10,11)36-32/h11-20,31,35H,9-10,21-22H2,1-8H3;14-19,27,33H,12-13,20H2,1-11H3. The van der Waals surface area contributed by atoms with Crippen molar-refractivity contribution in [1.82, 2.24) is 0 Å². The molecule has 9 heteroatoms. The van der Waals surface area contributed by atoms with Crippen LogP contribution in [0.1, 0.15) is 173 Å². The number of aliphatic hydroxyl groups is 2. The van der Waals surface area contributed by atoms with Crippen molar-refractivity contribution in [3.05, 3.63) is 147 Å². The molecule has 74 heavy (non-hydrogen) atoms. The average Bonchev–Trinajstić information content (AvgIpc) is 3.56. The Kier molecular flexibility index (Phi) is 19.4. The van der Waals surface area contributed by atoms with Crippen molar-refractivity contribution in [3.8, 4) is 22.6 Å². The van der Waals surface area contributed by atoms with Gasteiger partial charge in [0.15, 0.2) is 0 Å². The van der Waals surface area contributed by atoms with Crippen LogP contribution in [0.3, 0.4) is 0 Å². The van der Waals surface area contributed by atoms with Gasteiger partial charge in [0.1, 0.15) is 24.7 Å². The zero-order valence-corrected chi connectivity index (χ0v) is 48.8. The molecule has 1 aliphatic rings. The molecular weight excluding hydrogens is 920 g/mol. The minimum absolute atomic E-state index is 0.104. The van der Waals surface area contributed by atoms with Gasteiger partial charge in [-0.1, -0.05) is 160 Å². The van der Waals surface area contributed by atoms with E-state index in [9.17, 15) is 15.0 Å². The molecule has 5 aromatic carbocycles. The summed E-state index contributed by atoms with van der Waals surface area (Å²) in [7, 11) is 1.06. The third kappa shape index (κ3) is 13.4. The van der Waals surface area contributed by atoms with E-state index in [2.05, 4.69) is 168 Å². The molecule has 5 aromatic rings. The Balaban J connectivity index is 0.000000274. The van der Waals surface area contributed by atoms with Gasteiger partial charge in [-0.3, -0.25) is 4.79 Å². The Morgan fingerprint density at radius 1 is 0.554 bits per heavy atom. The fourth-order valence-corrected chi connectivity index (χ4v) is 10.1. The van der Waals surface area contributed by atoms with Gasteiger partial charge in [-0.15, -0.1) is 0 Å². The first-order valence-electron chi connectivity index (χ1n) is 27.1. The number of carbonyl (C=O) groups excluding carboxylic acids is 1. The first-order valence-corrected chi connectivity index (χ1v) is 27.1. The van der Waals surface area contributed by atoms with Gasteiger partial charge in [0.2, 0.25) is 0 Å². The van der Waals surface area contributed by atoms with Crippen LogP contribution in [0.2, 0.25) is 0 Å². The van der Waals surface area contributed by atoms with Gasteiger partial charge in [-0.05, 0) is 165 Å². The molecule has 0 aliphatic carbocycles. The number of ether oxygens (including phenoxy) is 3. The van der Waals surface area contributed by atoms with Crippen molar-refractivity contribution in [2.45, 2.75) is 191 Å². The molecule has 2 unspecified atom stereocenters. The van der Waals surface area contributed by atoms with Crippen LogP contribution >= 0.6 is 0 Å². The van der Waals surface area contributed by atoms with E-state index in [0.717, 1.165) is 64.9 Å². The lowest BCUT2D eigenvalue weighted by molar-refractivity contribution is -0.139. The minimum Gasteiger partial charge on any atom is -0.491 e. The molecule has 2 atom stereocenters. The maximum atomic E-state index is 11.6. The van der Waals surface area contributed by atoms with Crippen LogP contribution < -0.4 is 14.9 Å². The minimum atomic E-state index is -0.530. The molecule has 1 saturated heterocycles. The first kappa shape index (κ1) is 59.9. The second-order valence-electron chi connectivity index (χ2n) is 24.1. The average molecular weight is 1010 g/mol. The Labute approximate surface area is 447 Å². The van der Waals surface area contributed by atoms with Crippen molar-refractivity contribution >= 4 is 18.6 Å². The maximum Gasteiger partial charge on any atom is 0.495 e. The Morgan fingerprint density at radius 3 is 1.28 bits per heavy atom. The number of hydrogen-bond donors (Lipinski definition) is 2. The van der Waals surface area contributed by atoms with Crippen molar-refractivity contribution in [3.63, 3.8) is 0 Å². The Bertz CT molecular complexity index is 2640. The monoisotopic (exact) mass is 1010 g/mol. The lowest BCUT2D eigenvalue weighted by atomic mass is 9.68. The highest BCUT2D eigenvalue weighted by atomic mass is 16.7. The summed E-state index contributed by atoms with van der Waals surface area (Å²) in [4.78, 5) is 11.6. The van der Waals surface area contributed by atoms with Gasteiger partial charge < -0.3 is 33.7 Å². The summed E-state index contributed by atoms with van der Waals surface area (Å²) >= 11 is 0. The summed E-state index contributed by atoms with van der Waals surface area (Å²) < 4.78 is 29.5. The van der Waals surface area contributed by atoms with E-state index in [-0.39, 0.29) is 65.6 Å². The number of aliphatic hydroxyl groups excluding tert-OH is 2. The number of aryl methyl sites for hydroxylation is 4. The van der Waals surface area contributed by atoms with E-state index in [0.29, 0.717) is 0 Å².